The van der Waals surface area contributed by atoms with Crippen molar-refractivity contribution in [3.8, 4) is 5.75 Å². The SMILES string of the molecule is CC(CC(=O)NCc1cccc(OCC(=O)O)c1)Cc1cccc(F)c1. The molecule has 0 saturated carbocycles. The van der Waals surface area contributed by atoms with Gasteiger partial charge < -0.3 is 15.2 Å². The number of nitrogens with one attached hydrogen (secondary N) is 1. The number of hydrogen-bond acceptors (Lipinski definition) is 3. The number of carboxylic acids is 1. The van der Waals surface area contributed by atoms with Crippen LogP contribution in [0.4, 0.5) is 4.39 Å². The molecular weight excluding hydrogens is 337 g/mol. The monoisotopic (exact) mass is 359 g/mol. The predicted molar refractivity (Wildman–Crippen MR) is 95.3 cm³/mol. The Labute approximate surface area is 151 Å². The summed E-state index contributed by atoms with van der Waals surface area (Å²) in [6.07, 6.45) is 0.968. The first kappa shape index (κ1) is 19.4. The summed E-state index contributed by atoms with van der Waals surface area (Å²) in [4.78, 5) is 22.6. The zero-order valence-corrected chi connectivity index (χ0v) is 14.6. The van der Waals surface area contributed by atoms with E-state index in [1.165, 1.54) is 12.1 Å². The molecule has 0 saturated heterocycles. The first-order chi connectivity index (χ1) is 12.4. The Morgan fingerprint density at radius 2 is 1.88 bits per heavy atom. The van der Waals surface area contributed by atoms with Crippen LogP contribution >= 0.6 is 0 Å². The summed E-state index contributed by atoms with van der Waals surface area (Å²) in [7, 11) is 0. The van der Waals surface area contributed by atoms with Gasteiger partial charge in [0.25, 0.3) is 0 Å². The average Bonchev–Trinajstić information content (AvgIpc) is 2.58. The summed E-state index contributed by atoms with van der Waals surface area (Å²) in [5.74, 6) is -0.883. The quantitative estimate of drug-likeness (QED) is 0.721. The van der Waals surface area contributed by atoms with Crippen molar-refractivity contribution in [3.05, 3.63) is 65.5 Å². The third kappa shape index (κ3) is 6.93. The highest BCUT2D eigenvalue weighted by molar-refractivity contribution is 5.76. The van der Waals surface area contributed by atoms with Gasteiger partial charge in [0.1, 0.15) is 11.6 Å². The molecule has 0 aliphatic carbocycles. The highest BCUT2D eigenvalue weighted by Gasteiger charge is 2.10. The van der Waals surface area contributed by atoms with E-state index in [0.717, 1.165) is 11.1 Å². The third-order valence-electron chi connectivity index (χ3n) is 3.76. The lowest BCUT2D eigenvalue weighted by Crippen LogP contribution is -2.25. The van der Waals surface area contributed by atoms with Crippen molar-refractivity contribution in [2.45, 2.75) is 26.3 Å². The number of aliphatic carboxylic acids is 1. The predicted octanol–water partition coefficient (Wildman–Crippen LogP) is 3.17. The van der Waals surface area contributed by atoms with Gasteiger partial charge in [0, 0.05) is 13.0 Å². The van der Waals surface area contributed by atoms with Crippen molar-refractivity contribution in [2.24, 2.45) is 5.92 Å². The van der Waals surface area contributed by atoms with Crippen LogP contribution in [-0.4, -0.2) is 23.6 Å². The molecule has 6 heteroatoms. The summed E-state index contributed by atoms with van der Waals surface area (Å²) in [6, 6.07) is 13.3. The van der Waals surface area contributed by atoms with Gasteiger partial charge in [-0.3, -0.25) is 4.79 Å². The van der Waals surface area contributed by atoms with Crippen molar-refractivity contribution in [2.75, 3.05) is 6.61 Å². The summed E-state index contributed by atoms with van der Waals surface area (Å²) in [5.41, 5.74) is 1.69. The molecule has 2 rings (SSSR count). The first-order valence-corrected chi connectivity index (χ1v) is 8.37. The van der Waals surface area contributed by atoms with Crippen molar-refractivity contribution in [1.29, 1.82) is 0 Å². The molecule has 2 aromatic carbocycles. The van der Waals surface area contributed by atoms with E-state index in [9.17, 15) is 14.0 Å². The number of carbonyl (C=O) groups is 2. The second-order valence-corrected chi connectivity index (χ2v) is 6.25. The smallest absolute Gasteiger partial charge is 0.341 e. The van der Waals surface area contributed by atoms with Crippen LogP contribution in [0.25, 0.3) is 0 Å². The summed E-state index contributed by atoms with van der Waals surface area (Å²) in [6.45, 7) is 1.87. The average molecular weight is 359 g/mol. The molecule has 1 amide bonds. The molecule has 0 radical (unpaired) electrons. The Hall–Kier alpha value is -2.89. The van der Waals surface area contributed by atoms with Crippen LogP contribution in [0.3, 0.4) is 0 Å². The standard InChI is InChI=1S/C20H22FNO4/c1-14(8-15-4-2-6-17(21)10-15)9-19(23)22-12-16-5-3-7-18(11-16)26-13-20(24)25/h2-7,10-11,14H,8-9,12-13H2,1H3,(H,22,23)(H,24,25). The molecule has 0 heterocycles. The van der Waals surface area contributed by atoms with Gasteiger partial charge in [-0.25, -0.2) is 9.18 Å². The maximum absolute atomic E-state index is 13.2. The van der Waals surface area contributed by atoms with Gasteiger partial charge in [-0.1, -0.05) is 31.2 Å². The Morgan fingerprint density at radius 1 is 1.15 bits per heavy atom. The van der Waals surface area contributed by atoms with Gasteiger partial charge >= 0.3 is 5.97 Å². The lowest BCUT2D eigenvalue weighted by Gasteiger charge is -2.12. The second-order valence-electron chi connectivity index (χ2n) is 6.25. The molecule has 0 aromatic heterocycles. The van der Waals surface area contributed by atoms with Crippen LogP contribution in [0.15, 0.2) is 48.5 Å². The Kier molecular flexibility index (Phi) is 7.14. The van der Waals surface area contributed by atoms with E-state index in [0.29, 0.717) is 25.1 Å². The first-order valence-electron chi connectivity index (χ1n) is 8.37. The number of benzene rings is 2. The molecule has 26 heavy (non-hydrogen) atoms. The van der Waals surface area contributed by atoms with Gasteiger partial charge in [-0.05, 0) is 47.7 Å². The van der Waals surface area contributed by atoms with Crippen LogP contribution in [0.5, 0.6) is 5.75 Å². The van der Waals surface area contributed by atoms with E-state index < -0.39 is 12.6 Å². The summed E-state index contributed by atoms with van der Waals surface area (Å²) < 4.78 is 18.3. The molecule has 2 N–H and O–H groups in total. The highest BCUT2D eigenvalue weighted by Crippen LogP contribution is 2.15. The van der Waals surface area contributed by atoms with Crippen LogP contribution in [0.2, 0.25) is 0 Å². The van der Waals surface area contributed by atoms with Gasteiger partial charge in [0.15, 0.2) is 6.61 Å². The molecule has 0 fully saturated rings. The second kappa shape index (κ2) is 9.56. The van der Waals surface area contributed by atoms with Crippen molar-refractivity contribution >= 4 is 11.9 Å². The summed E-state index contributed by atoms with van der Waals surface area (Å²) in [5, 5.41) is 11.5. The fourth-order valence-corrected chi connectivity index (χ4v) is 2.62. The number of carboxylic acid groups (broad SMARTS) is 1. The van der Waals surface area contributed by atoms with E-state index in [-0.39, 0.29) is 17.6 Å². The highest BCUT2D eigenvalue weighted by atomic mass is 19.1. The normalized spacial score (nSPS) is 11.6. The van der Waals surface area contributed by atoms with Crippen LogP contribution in [0.1, 0.15) is 24.5 Å². The number of hydrogen-bond donors (Lipinski definition) is 2. The van der Waals surface area contributed by atoms with Gasteiger partial charge in [-0.2, -0.15) is 0 Å². The van der Waals surface area contributed by atoms with Gasteiger partial charge in [0.05, 0.1) is 0 Å². The molecule has 0 bridgehead atoms. The fourth-order valence-electron chi connectivity index (χ4n) is 2.62. The Morgan fingerprint density at radius 3 is 2.62 bits per heavy atom. The lowest BCUT2D eigenvalue weighted by molar-refractivity contribution is -0.139. The Balaban J connectivity index is 1.79. The van der Waals surface area contributed by atoms with E-state index in [1.807, 2.05) is 19.1 Å². The number of amides is 1. The maximum atomic E-state index is 13.2. The Bertz CT molecular complexity index is 763. The molecule has 1 atom stereocenters. The minimum atomic E-state index is -1.05. The molecular formula is C20H22FNO4. The van der Waals surface area contributed by atoms with E-state index in [4.69, 9.17) is 9.84 Å². The third-order valence-corrected chi connectivity index (χ3v) is 3.76. The van der Waals surface area contributed by atoms with E-state index in [2.05, 4.69) is 5.32 Å². The topological polar surface area (TPSA) is 75.6 Å². The zero-order valence-electron chi connectivity index (χ0n) is 14.6. The number of rotatable bonds is 9. The van der Waals surface area contributed by atoms with Gasteiger partial charge in [0.2, 0.25) is 5.91 Å². The van der Waals surface area contributed by atoms with Crippen LogP contribution < -0.4 is 10.1 Å². The number of carbonyl (C=O) groups excluding carboxylic acids is 1. The largest absolute Gasteiger partial charge is 0.482 e. The molecule has 5 nitrogen and oxygen atoms in total. The van der Waals surface area contributed by atoms with Gasteiger partial charge in [-0.15, -0.1) is 0 Å². The van der Waals surface area contributed by atoms with Crippen molar-refractivity contribution < 1.29 is 23.8 Å². The van der Waals surface area contributed by atoms with Crippen molar-refractivity contribution in [3.63, 3.8) is 0 Å². The number of ether oxygens (including phenoxy) is 1. The molecule has 2 aromatic rings. The minimum absolute atomic E-state index is 0.0852. The zero-order chi connectivity index (χ0) is 18.9. The lowest BCUT2D eigenvalue weighted by atomic mass is 9.97. The van der Waals surface area contributed by atoms with E-state index in [1.54, 1.807) is 24.3 Å². The molecule has 0 spiro atoms. The summed E-state index contributed by atoms with van der Waals surface area (Å²) >= 11 is 0. The minimum Gasteiger partial charge on any atom is -0.482 e. The van der Waals surface area contributed by atoms with Crippen molar-refractivity contribution in [1.82, 2.24) is 5.32 Å². The van der Waals surface area contributed by atoms with E-state index >= 15 is 0 Å². The molecule has 1 unspecified atom stereocenters. The maximum Gasteiger partial charge on any atom is 0.341 e. The molecule has 0 aliphatic rings. The fraction of sp³-hybridized carbons (Fsp3) is 0.300. The number of halogens is 1. The van der Waals surface area contributed by atoms with Crippen LogP contribution in [-0.2, 0) is 22.6 Å². The van der Waals surface area contributed by atoms with Crippen LogP contribution in [0, 0.1) is 11.7 Å². The molecule has 138 valence electrons. The molecule has 0 aliphatic heterocycles.